The summed E-state index contributed by atoms with van der Waals surface area (Å²) in [6.45, 7) is 1.98. The first-order valence-electron chi connectivity index (χ1n) is 6.21. The number of thiophene rings is 1. The van der Waals surface area contributed by atoms with Gasteiger partial charge in [0.2, 0.25) is 0 Å². The highest BCUT2D eigenvalue weighted by molar-refractivity contribution is 7.20. The van der Waals surface area contributed by atoms with Crippen molar-refractivity contribution in [3.63, 3.8) is 0 Å². The first kappa shape index (κ1) is 14.4. The molecule has 3 aromatic rings. The van der Waals surface area contributed by atoms with E-state index >= 15 is 0 Å². The van der Waals surface area contributed by atoms with Crippen molar-refractivity contribution >= 4 is 50.7 Å². The van der Waals surface area contributed by atoms with Crippen molar-refractivity contribution in [2.24, 2.45) is 0 Å². The number of carbonyl (C=O) groups is 1. The molecule has 1 N–H and O–H groups in total. The molecule has 0 saturated carbocycles. The van der Waals surface area contributed by atoms with E-state index in [9.17, 15) is 4.79 Å². The lowest BCUT2D eigenvalue weighted by Crippen LogP contribution is -1.98. The summed E-state index contributed by atoms with van der Waals surface area (Å²) in [7, 11) is 0. The molecule has 7 heteroatoms. The van der Waals surface area contributed by atoms with E-state index in [2.05, 4.69) is 5.10 Å². The second-order valence-corrected chi connectivity index (χ2v) is 6.32. The molecule has 3 rings (SSSR count). The molecule has 1 aromatic carbocycles. The second kappa shape index (κ2) is 5.33. The molecule has 4 nitrogen and oxygen atoms in total. The van der Waals surface area contributed by atoms with Crippen LogP contribution in [0.15, 0.2) is 24.3 Å². The van der Waals surface area contributed by atoms with Crippen LogP contribution in [0.2, 0.25) is 10.0 Å². The average Bonchev–Trinajstić information content (AvgIpc) is 2.98. The molecule has 108 valence electrons. The molecule has 0 radical (unpaired) electrons. The molecule has 0 saturated heterocycles. The number of benzene rings is 1. The maximum absolute atomic E-state index is 11.2. The number of hydrogen-bond donors (Lipinski definition) is 1. The lowest BCUT2D eigenvalue weighted by atomic mass is 10.2. The zero-order valence-electron chi connectivity index (χ0n) is 10.9. The topological polar surface area (TPSA) is 55.1 Å². The van der Waals surface area contributed by atoms with Gasteiger partial charge in [-0.25, -0.2) is 9.48 Å². The molecular formula is C14H10Cl2N2O2S. The van der Waals surface area contributed by atoms with Gasteiger partial charge < -0.3 is 5.11 Å². The first-order chi connectivity index (χ1) is 10.0. The third-order valence-corrected chi connectivity index (χ3v) is 4.76. The highest BCUT2D eigenvalue weighted by atomic mass is 35.5. The summed E-state index contributed by atoms with van der Waals surface area (Å²) in [5.74, 6) is -0.938. The zero-order valence-corrected chi connectivity index (χ0v) is 13.3. The standard InChI is InChI=1S/C14H10Cl2N2O2S/c1-2-10-8-6-12(14(19)20)21-13(8)18(17-10)11-4-3-7(15)5-9(11)16/h3-6H,2H2,1H3,(H,19,20). The first-order valence-corrected chi connectivity index (χ1v) is 7.78. The van der Waals surface area contributed by atoms with E-state index in [0.717, 1.165) is 15.9 Å². The van der Waals surface area contributed by atoms with E-state index in [4.69, 9.17) is 28.3 Å². The lowest BCUT2D eigenvalue weighted by Gasteiger charge is -2.05. The fourth-order valence-electron chi connectivity index (χ4n) is 2.15. The molecule has 21 heavy (non-hydrogen) atoms. The van der Waals surface area contributed by atoms with Gasteiger partial charge in [-0.3, -0.25) is 0 Å². The van der Waals surface area contributed by atoms with Crippen molar-refractivity contribution in [1.29, 1.82) is 0 Å². The Labute approximate surface area is 134 Å². The number of aryl methyl sites for hydroxylation is 1. The molecule has 2 aromatic heterocycles. The number of fused-ring (bicyclic) bond motifs is 1. The fraction of sp³-hybridized carbons (Fsp3) is 0.143. The van der Waals surface area contributed by atoms with Crippen LogP contribution < -0.4 is 0 Å². The number of nitrogens with zero attached hydrogens (tertiary/aromatic N) is 2. The number of carboxylic acids is 1. The van der Waals surface area contributed by atoms with Crippen LogP contribution in [-0.4, -0.2) is 20.9 Å². The Bertz CT molecular complexity index is 854. The molecular weight excluding hydrogens is 331 g/mol. The minimum Gasteiger partial charge on any atom is -0.477 e. The van der Waals surface area contributed by atoms with Crippen molar-refractivity contribution in [3.8, 4) is 5.69 Å². The summed E-state index contributed by atoms with van der Waals surface area (Å²) in [6.07, 6.45) is 0.713. The van der Waals surface area contributed by atoms with Gasteiger partial charge in [-0.05, 0) is 30.7 Å². The summed E-state index contributed by atoms with van der Waals surface area (Å²) < 4.78 is 1.68. The average molecular weight is 341 g/mol. The van der Waals surface area contributed by atoms with Gasteiger partial charge in [-0.15, -0.1) is 11.3 Å². The SMILES string of the molecule is CCc1nn(-c2ccc(Cl)cc2Cl)c2sc(C(=O)O)cc12. The second-order valence-electron chi connectivity index (χ2n) is 4.44. The molecule has 0 atom stereocenters. The van der Waals surface area contributed by atoms with Crippen LogP contribution in [0.3, 0.4) is 0 Å². The van der Waals surface area contributed by atoms with Gasteiger partial charge >= 0.3 is 5.97 Å². The van der Waals surface area contributed by atoms with Gasteiger partial charge in [0.15, 0.2) is 0 Å². The molecule has 0 aliphatic carbocycles. The van der Waals surface area contributed by atoms with Crippen LogP contribution in [0.1, 0.15) is 22.3 Å². The summed E-state index contributed by atoms with van der Waals surface area (Å²) in [5, 5.41) is 15.6. The third kappa shape index (κ3) is 2.41. The molecule has 0 aliphatic rings. The summed E-state index contributed by atoms with van der Waals surface area (Å²) in [6, 6.07) is 6.81. The minimum absolute atomic E-state index is 0.288. The molecule has 0 fully saturated rings. The van der Waals surface area contributed by atoms with Crippen LogP contribution in [-0.2, 0) is 6.42 Å². The fourth-order valence-corrected chi connectivity index (χ4v) is 3.62. The minimum atomic E-state index is -0.938. The lowest BCUT2D eigenvalue weighted by molar-refractivity contribution is 0.0702. The Morgan fingerprint density at radius 2 is 2.14 bits per heavy atom. The molecule has 0 amide bonds. The Hall–Kier alpha value is -1.56. The Balaban J connectivity index is 2.28. The van der Waals surface area contributed by atoms with Crippen molar-refractivity contribution in [3.05, 3.63) is 44.9 Å². The zero-order chi connectivity index (χ0) is 15.1. The van der Waals surface area contributed by atoms with Crippen LogP contribution >= 0.6 is 34.5 Å². The van der Waals surface area contributed by atoms with Crippen molar-refractivity contribution < 1.29 is 9.90 Å². The molecule has 0 bridgehead atoms. The van der Waals surface area contributed by atoms with Crippen molar-refractivity contribution in [1.82, 2.24) is 9.78 Å². The van der Waals surface area contributed by atoms with E-state index in [0.29, 0.717) is 22.2 Å². The van der Waals surface area contributed by atoms with Gasteiger partial charge in [0.1, 0.15) is 9.71 Å². The monoisotopic (exact) mass is 340 g/mol. The number of rotatable bonds is 3. The van der Waals surface area contributed by atoms with Crippen molar-refractivity contribution in [2.75, 3.05) is 0 Å². The highest BCUT2D eigenvalue weighted by Crippen LogP contribution is 2.33. The number of aromatic carboxylic acids is 1. The smallest absolute Gasteiger partial charge is 0.345 e. The van der Waals surface area contributed by atoms with Crippen LogP contribution in [0.5, 0.6) is 0 Å². The van der Waals surface area contributed by atoms with E-state index in [-0.39, 0.29) is 4.88 Å². The molecule has 0 aliphatic heterocycles. The van der Waals surface area contributed by atoms with E-state index < -0.39 is 5.97 Å². The van der Waals surface area contributed by atoms with Gasteiger partial charge in [0.25, 0.3) is 0 Å². The van der Waals surface area contributed by atoms with Gasteiger partial charge in [-0.2, -0.15) is 5.10 Å². The number of halogens is 2. The van der Waals surface area contributed by atoms with Crippen LogP contribution in [0.25, 0.3) is 15.9 Å². The van der Waals surface area contributed by atoms with Crippen LogP contribution in [0, 0.1) is 0 Å². The maximum Gasteiger partial charge on any atom is 0.345 e. The molecule has 0 unspecified atom stereocenters. The summed E-state index contributed by atoms with van der Waals surface area (Å²) in [4.78, 5) is 12.2. The van der Waals surface area contributed by atoms with Gasteiger partial charge in [0, 0.05) is 10.4 Å². The van der Waals surface area contributed by atoms with Crippen molar-refractivity contribution in [2.45, 2.75) is 13.3 Å². The summed E-state index contributed by atoms with van der Waals surface area (Å²) >= 11 is 13.3. The predicted octanol–water partition coefficient (Wildman–Crippen LogP) is 4.65. The van der Waals surface area contributed by atoms with Gasteiger partial charge in [-0.1, -0.05) is 30.1 Å². The quantitative estimate of drug-likeness (QED) is 0.754. The predicted molar refractivity (Wildman–Crippen MR) is 85.3 cm³/mol. The Morgan fingerprint density at radius 3 is 2.76 bits per heavy atom. The van der Waals surface area contributed by atoms with Crippen LogP contribution in [0.4, 0.5) is 0 Å². The maximum atomic E-state index is 11.2. The largest absolute Gasteiger partial charge is 0.477 e. The van der Waals surface area contributed by atoms with E-state index in [1.54, 1.807) is 28.9 Å². The normalized spacial score (nSPS) is 11.2. The number of carboxylic acid groups (broad SMARTS) is 1. The summed E-state index contributed by atoms with van der Waals surface area (Å²) in [5.41, 5.74) is 1.53. The Kier molecular flexibility index (Phi) is 3.65. The molecule has 0 spiro atoms. The molecule has 2 heterocycles. The highest BCUT2D eigenvalue weighted by Gasteiger charge is 2.18. The van der Waals surface area contributed by atoms with E-state index in [1.807, 2.05) is 6.92 Å². The third-order valence-electron chi connectivity index (χ3n) is 3.12. The van der Waals surface area contributed by atoms with E-state index in [1.165, 1.54) is 11.3 Å². The van der Waals surface area contributed by atoms with Gasteiger partial charge in [0.05, 0.1) is 16.4 Å². The number of hydrogen-bond acceptors (Lipinski definition) is 3. The Morgan fingerprint density at radius 1 is 1.38 bits per heavy atom. The number of aromatic nitrogens is 2.